The van der Waals surface area contributed by atoms with Crippen LogP contribution >= 0.6 is 11.3 Å². The highest BCUT2D eigenvalue weighted by Crippen LogP contribution is 2.27. The average molecular weight is 339 g/mol. The van der Waals surface area contributed by atoms with E-state index in [1.165, 1.54) is 6.07 Å². The van der Waals surface area contributed by atoms with Gasteiger partial charge in [0.1, 0.15) is 10.6 Å². The molecule has 3 aromatic rings. The lowest BCUT2D eigenvalue weighted by molar-refractivity contribution is 0.0949. The zero-order valence-corrected chi connectivity index (χ0v) is 14.2. The number of nitrogens with one attached hydrogen (secondary N) is 2. The highest BCUT2D eigenvalue weighted by molar-refractivity contribution is 7.12. The van der Waals surface area contributed by atoms with Crippen LogP contribution in [-0.4, -0.2) is 15.9 Å². The molecule has 0 radical (unpaired) electrons. The number of hydrogen-bond acceptors (Lipinski definition) is 4. The Balaban J connectivity index is 1.73. The molecule has 1 amide bonds. The number of aryl methyl sites for hydroxylation is 2. The summed E-state index contributed by atoms with van der Waals surface area (Å²) in [5, 5.41) is 3.57. The van der Waals surface area contributed by atoms with Crippen LogP contribution in [0.1, 0.15) is 25.9 Å². The summed E-state index contributed by atoms with van der Waals surface area (Å²) in [6.07, 6.45) is 0. The number of carbonyl (C=O) groups is 1. The highest BCUT2D eigenvalue weighted by atomic mass is 32.1. The number of carbonyl (C=O) groups excluding carboxylic acids is 1. The quantitative estimate of drug-likeness (QED) is 0.767. The van der Waals surface area contributed by atoms with Crippen LogP contribution in [0.2, 0.25) is 0 Å². The highest BCUT2D eigenvalue weighted by Gasteiger charge is 2.13. The van der Waals surface area contributed by atoms with Crippen LogP contribution < -0.4 is 10.9 Å². The first kappa shape index (κ1) is 16.1. The summed E-state index contributed by atoms with van der Waals surface area (Å²) in [4.78, 5) is 32.3. The number of thiazole rings is 1. The third-order valence-corrected chi connectivity index (χ3v) is 4.56. The van der Waals surface area contributed by atoms with Gasteiger partial charge in [0.05, 0.1) is 12.2 Å². The van der Waals surface area contributed by atoms with Gasteiger partial charge in [0.15, 0.2) is 0 Å². The molecule has 0 spiro atoms. The Bertz CT molecular complexity index is 929. The summed E-state index contributed by atoms with van der Waals surface area (Å²) in [5.74, 6) is -0.398. The van der Waals surface area contributed by atoms with Gasteiger partial charge in [0.25, 0.3) is 11.5 Å². The molecule has 0 fully saturated rings. The maximum atomic E-state index is 12.2. The van der Waals surface area contributed by atoms with Crippen molar-refractivity contribution in [3.8, 4) is 11.3 Å². The van der Waals surface area contributed by atoms with E-state index >= 15 is 0 Å². The van der Waals surface area contributed by atoms with E-state index in [2.05, 4.69) is 15.3 Å². The SMILES string of the molecule is Cc1ccc(C(=O)NCc2nc(-c3ccccc3)c(C)s2)c(=O)[nH]1. The van der Waals surface area contributed by atoms with Crippen LogP contribution in [0, 0.1) is 13.8 Å². The summed E-state index contributed by atoms with van der Waals surface area (Å²) in [7, 11) is 0. The number of nitrogens with zero attached hydrogens (tertiary/aromatic N) is 1. The molecule has 5 nitrogen and oxygen atoms in total. The molecule has 0 saturated heterocycles. The van der Waals surface area contributed by atoms with Gasteiger partial charge < -0.3 is 10.3 Å². The fourth-order valence-corrected chi connectivity index (χ4v) is 3.29. The number of pyridine rings is 1. The number of aromatic nitrogens is 2. The third-order valence-electron chi connectivity index (χ3n) is 3.59. The van der Waals surface area contributed by atoms with Crippen molar-refractivity contribution in [2.24, 2.45) is 0 Å². The molecule has 24 heavy (non-hydrogen) atoms. The molecule has 0 bridgehead atoms. The van der Waals surface area contributed by atoms with Gasteiger partial charge in [-0.2, -0.15) is 0 Å². The monoisotopic (exact) mass is 339 g/mol. The van der Waals surface area contributed by atoms with Gasteiger partial charge in [-0.15, -0.1) is 11.3 Å². The van der Waals surface area contributed by atoms with Crippen LogP contribution in [0.4, 0.5) is 0 Å². The van der Waals surface area contributed by atoms with Crippen LogP contribution in [0.5, 0.6) is 0 Å². The first-order valence-electron chi connectivity index (χ1n) is 7.54. The fraction of sp³-hybridized carbons (Fsp3) is 0.167. The molecule has 3 rings (SSSR count). The maximum Gasteiger partial charge on any atom is 0.260 e. The summed E-state index contributed by atoms with van der Waals surface area (Å²) >= 11 is 1.54. The molecule has 0 saturated carbocycles. The second kappa shape index (κ2) is 6.80. The number of rotatable bonds is 4. The fourth-order valence-electron chi connectivity index (χ4n) is 2.39. The van der Waals surface area contributed by atoms with E-state index in [-0.39, 0.29) is 11.1 Å². The molecule has 0 aliphatic heterocycles. The van der Waals surface area contributed by atoms with Crippen LogP contribution in [-0.2, 0) is 6.54 Å². The maximum absolute atomic E-state index is 12.2. The Morgan fingerprint density at radius 2 is 1.92 bits per heavy atom. The summed E-state index contributed by atoms with van der Waals surface area (Å²) < 4.78 is 0. The second-order valence-electron chi connectivity index (χ2n) is 5.45. The lowest BCUT2D eigenvalue weighted by Crippen LogP contribution is -2.29. The number of hydrogen-bond donors (Lipinski definition) is 2. The average Bonchev–Trinajstić information content (AvgIpc) is 2.94. The molecule has 2 heterocycles. The molecular weight excluding hydrogens is 322 g/mol. The molecule has 0 aliphatic carbocycles. The van der Waals surface area contributed by atoms with Crippen molar-refractivity contribution >= 4 is 17.2 Å². The van der Waals surface area contributed by atoms with Crippen molar-refractivity contribution < 1.29 is 4.79 Å². The van der Waals surface area contributed by atoms with E-state index in [9.17, 15) is 9.59 Å². The van der Waals surface area contributed by atoms with Gasteiger partial charge in [0, 0.05) is 16.1 Å². The Kier molecular flexibility index (Phi) is 4.57. The molecule has 1 aromatic carbocycles. The van der Waals surface area contributed by atoms with Gasteiger partial charge in [-0.1, -0.05) is 30.3 Å². The van der Waals surface area contributed by atoms with Gasteiger partial charge in [-0.05, 0) is 26.0 Å². The summed E-state index contributed by atoms with van der Waals surface area (Å²) in [6.45, 7) is 4.08. The van der Waals surface area contributed by atoms with Gasteiger partial charge in [-0.3, -0.25) is 9.59 Å². The molecule has 2 aromatic heterocycles. The topological polar surface area (TPSA) is 74.8 Å². The van der Waals surface area contributed by atoms with Crippen molar-refractivity contribution in [2.45, 2.75) is 20.4 Å². The standard InChI is InChI=1S/C18H17N3O2S/c1-11-8-9-14(18(23)20-11)17(22)19-10-15-21-16(12(2)24-15)13-6-4-3-5-7-13/h3-9H,10H2,1-2H3,(H,19,22)(H,20,23). The van der Waals surface area contributed by atoms with Crippen molar-refractivity contribution in [1.29, 1.82) is 0 Å². The Labute approximate surface area is 143 Å². The first-order valence-corrected chi connectivity index (χ1v) is 8.36. The van der Waals surface area contributed by atoms with E-state index in [0.29, 0.717) is 6.54 Å². The van der Waals surface area contributed by atoms with Crippen molar-refractivity contribution in [3.05, 3.63) is 74.0 Å². The molecule has 0 unspecified atom stereocenters. The van der Waals surface area contributed by atoms with Gasteiger partial charge >= 0.3 is 0 Å². The number of amides is 1. The van der Waals surface area contributed by atoms with E-state index in [1.54, 1.807) is 24.3 Å². The third kappa shape index (κ3) is 3.44. The molecule has 2 N–H and O–H groups in total. The van der Waals surface area contributed by atoms with Gasteiger partial charge in [0.2, 0.25) is 0 Å². The lowest BCUT2D eigenvalue weighted by Gasteiger charge is -2.03. The van der Waals surface area contributed by atoms with E-state index in [4.69, 9.17) is 0 Å². The zero-order chi connectivity index (χ0) is 17.1. The molecule has 122 valence electrons. The minimum Gasteiger partial charge on any atom is -0.345 e. The van der Waals surface area contributed by atoms with Crippen molar-refractivity contribution in [1.82, 2.24) is 15.3 Å². The zero-order valence-electron chi connectivity index (χ0n) is 13.4. The molecule has 0 aliphatic rings. The number of aromatic amines is 1. The predicted octanol–water partition coefficient (Wildman–Crippen LogP) is 3.05. The Hall–Kier alpha value is -2.73. The Morgan fingerprint density at radius 3 is 2.62 bits per heavy atom. The largest absolute Gasteiger partial charge is 0.345 e. The molecular formula is C18H17N3O2S. The van der Waals surface area contributed by atoms with Crippen LogP contribution in [0.25, 0.3) is 11.3 Å². The number of benzene rings is 1. The Morgan fingerprint density at radius 1 is 1.17 bits per heavy atom. The van der Waals surface area contributed by atoms with E-state index < -0.39 is 5.91 Å². The van der Waals surface area contributed by atoms with Crippen molar-refractivity contribution in [2.75, 3.05) is 0 Å². The van der Waals surface area contributed by atoms with E-state index in [0.717, 1.165) is 26.8 Å². The second-order valence-corrected chi connectivity index (χ2v) is 6.73. The lowest BCUT2D eigenvalue weighted by atomic mass is 10.1. The van der Waals surface area contributed by atoms with Gasteiger partial charge in [-0.25, -0.2) is 4.98 Å². The molecule has 6 heteroatoms. The van der Waals surface area contributed by atoms with E-state index in [1.807, 2.05) is 37.3 Å². The van der Waals surface area contributed by atoms with Crippen LogP contribution in [0.15, 0.2) is 47.3 Å². The molecule has 0 atom stereocenters. The van der Waals surface area contributed by atoms with Crippen LogP contribution in [0.3, 0.4) is 0 Å². The van der Waals surface area contributed by atoms with Crippen molar-refractivity contribution in [3.63, 3.8) is 0 Å². The summed E-state index contributed by atoms with van der Waals surface area (Å²) in [5.41, 5.74) is 2.43. The first-order chi connectivity index (χ1) is 11.5. The minimum atomic E-state index is -0.398. The smallest absolute Gasteiger partial charge is 0.260 e. The summed E-state index contributed by atoms with van der Waals surface area (Å²) in [6, 6.07) is 13.2. The minimum absolute atomic E-state index is 0.108. The predicted molar refractivity (Wildman–Crippen MR) is 95.3 cm³/mol. The normalized spacial score (nSPS) is 10.6. The number of H-pyrrole nitrogens is 1.